The van der Waals surface area contributed by atoms with Crippen LogP contribution in [0.3, 0.4) is 0 Å². The second-order valence-corrected chi connectivity index (χ2v) is 11.6. The first-order valence-corrected chi connectivity index (χ1v) is 13.6. The van der Waals surface area contributed by atoms with E-state index in [4.69, 9.17) is 0 Å². The number of hydrogen-bond acceptors (Lipinski definition) is 4. The van der Waals surface area contributed by atoms with Crippen molar-refractivity contribution in [1.82, 2.24) is 15.1 Å². The van der Waals surface area contributed by atoms with E-state index in [-0.39, 0.29) is 29.7 Å². The maximum atomic E-state index is 12.7. The van der Waals surface area contributed by atoms with Crippen LogP contribution in [-0.4, -0.2) is 66.8 Å². The summed E-state index contributed by atoms with van der Waals surface area (Å²) in [7, 11) is 0. The number of hydrogen-bond donors (Lipinski definition) is 2. The zero-order chi connectivity index (χ0) is 24.4. The molecule has 2 N–H and O–H groups in total. The van der Waals surface area contributed by atoms with E-state index in [0.717, 1.165) is 35.4 Å². The van der Waals surface area contributed by atoms with Crippen LogP contribution >= 0.6 is 0 Å². The van der Waals surface area contributed by atoms with Gasteiger partial charge in [0.2, 0.25) is 17.7 Å². The van der Waals surface area contributed by atoms with E-state index in [0.29, 0.717) is 39.1 Å². The molecule has 1 aliphatic heterocycles. The fourth-order valence-corrected chi connectivity index (χ4v) is 7.69. The molecule has 1 aromatic carbocycles. The fourth-order valence-electron chi connectivity index (χ4n) is 7.69. The second kappa shape index (κ2) is 10.3. The van der Waals surface area contributed by atoms with Gasteiger partial charge in [0.05, 0.1) is 13.1 Å². The summed E-state index contributed by atoms with van der Waals surface area (Å²) in [4.78, 5) is 41.9. The molecule has 4 aliphatic carbocycles. The first-order chi connectivity index (χ1) is 16.9. The highest BCUT2D eigenvalue weighted by Crippen LogP contribution is 2.61. The molecule has 5 aliphatic rings. The number of rotatable bonds is 8. The lowest BCUT2D eigenvalue weighted by atomic mass is 9.49. The highest BCUT2D eigenvalue weighted by atomic mass is 16.2. The molecule has 1 aromatic rings. The number of benzene rings is 1. The molecule has 190 valence electrons. The third-order valence-corrected chi connectivity index (χ3v) is 8.90. The van der Waals surface area contributed by atoms with Gasteiger partial charge in [0.1, 0.15) is 0 Å². The van der Waals surface area contributed by atoms with Crippen molar-refractivity contribution < 1.29 is 14.4 Å². The number of amides is 3. The van der Waals surface area contributed by atoms with E-state index in [9.17, 15) is 14.4 Å². The van der Waals surface area contributed by atoms with E-state index in [2.05, 4.69) is 22.5 Å². The quantitative estimate of drug-likeness (QED) is 0.599. The number of para-hydroxylation sites is 1. The van der Waals surface area contributed by atoms with Crippen LogP contribution in [0.15, 0.2) is 24.3 Å². The summed E-state index contributed by atoms with van der Waals surface area (Å²) in [5.41, 5.74) is 2.20. The van der Waals surface area contributed by atoms with Gasteiger partial charge in [-0.1, -0.05) is 25.1 Å². The minimum absolute atomic E-state index is 0.0233. The molecule has 1 saturated heterocycles. The lowest BCUT2D eigenvalue weighted by molar-refractivity contribution is -0.136. The molecule has 3 amide bonds. The monoisotopic (exact) mass is 480 g/mol. The molecule has 5 fully saturated rings. The first kappa shape index (κ1) is 24.3. The molecule has 4 bridgehead atoms. The van der Waals surface area contributed by atoms with Gasteiger partial charge >= 0.3 is 0 Å². The van der Waals surface area contributed by atoms with Gasteiger partial charge in [0, 0.05) is 38.3 Å². The Morgan fingerprint density at radius 1 is 0.914 bits per heavy atom. The normalized spacial score (nSPS) is 29.7. The summed E-state index contributed by atoms with van der Waals surface area (Å²) in [6, 6.07) is 7.88. The highest BCUT2D eigenvalue weighted by molar-refractivity contribution is 5.93. The third-order valence-electron chi connectivity index (χ3n) is 8.90. The minimum Gasteiger partial charge on any atom is -0.347 e. The molecule has 6 rings (SSSR count). The molecule has 0 atom stereocenters. The standard InChI is InChI=1S/C28H40N4O3/c1-2-23-5-3-4-6-24(23)30-26(34)19-31-7-9-32(10-8-31)27(35)18-29-25(33)17-28-14-20-11-21(15-28)13-22(12-20)16-28/h3-6,20-22H,2,7-19H2,1H3,(H,29,33)(H,30,34). The summed E-state index contributed by atoms with van der Waals surface area (Å²) in [5, 5.41) is 5.95. The number of anilines is 1. The van der Waals surface area contributed by atoms with E-state index >= 15 is 0 Å². The van der Waals surface area contributed by atoms with Crippen LogP contribution in [0.25, 0.3) is 0 Å². The SMILES string of the molecule is CCc1ccccc1NC(=O)CN1CCN(C(=O)CNC(=O)CC23CC4CC(CC(C4)C2)C3)CC1. The average molecular weight is 481 g/mol. The highest BCUT2D eigenvalue weighted by Gasteiger charge is 2.51. The van der Waals surface area contributed by atoms with Gasteiger partial charge in [-0.2, -0.15) is 0 Å². The Labute approximate surface area is 209 Å². The van der Waals surface area contributed by atoms with Gasteiger partial charge in [-0.15, -0.1) is 0 Å². The Morgan fingerprint density at radius 3 is 2.17 bits per heavy atom. The van der Waals surface area contributed by atoms with Gasteiger partial charge in [-0.05, 0) is 79.7 Å². The number of piperazine rings is 1. The molecule has 0 unspecified atom stereocenters. The van der Waals surface area contributed by atoms with E-state index in [1.807, 2.05) is 29.2 Å². The Bertz CT molecular complexity index is 918. The van der Waals surface area contributed by atoms with Crippen LogP contribution in [0.4, 0.5) is 5.69 Å². The molecule has 0 aromatic heterocycles. The number of carbonyl (C=O) groups is 3. The molecular weight excluding hydrogens is 440 g/mol. The Kier molecular flexibility index (Phi) is 7.14. The average Bonchev–Trinajstić information content (AvgIpc) is 2.82. The van der Waals surface area contributed by atoms with Gasteiger partial charge in [-0.25, -0.2) is 0 Å². The molecular formula is C28H40N4O3. The van der Waals surface area contributed by atoms with Gasteiger partial charge in [0.15, 0.2) is 0 Å². The van der Waals surface area contributed by atoms with E-state index < -0.39 is 0 Å². The van der Waals surface area contributed by atoms with Crippen molar-refractivity contribution in [2.75, 3.05) is 44.6 Å². The lowest BCUT2D eigenvalue weighted by Gasteiger charge is -2.56. The molecule has 0 radical (unpaired) electrons. The number of aryl methyl sites for hydroxylation is 1. The van der Waals surface area contributed by atoms with Gasteiger partial charge in [0.25, 0.3) is 0 Å². The summed E-state index contributed by atoms with van der Waals surface area (Å²) in [6.07, 6.45) is 9.21. The van der Waals surface area contributed by atoms with Crippen LogP contribution in [0.5, 0.6) is 0 Å². The van der Waals surface area contributed by atoms with Crippen molar-refractivity contribution in [3.63, 3.8) is 0 Å². The van der Waals surface area contributed by atoms with Gasteiger partial charge in [-0.3, -0.25) is 19.3 Å². The van der Waals surface area contributed by atoms with E-state index in [1.165, 1.54) is 38.5 Å². The Morgan fingerprint density at radius 2 is 1.54 bits per heavy atom. The van der Waals surface area contributed by atoms with E-state index in [1.54, 1.807) is 0 Å². The molecule has 0 spiro atoms. The van der Waals surface area contributed by atoms with Crippen molar-refractivity contribution in [3.8, 4) is 0 Å². The summed E-state index contributed by atoms with van der Waals surface area (Å²) in [6.45, 7) is 4.98. The third kappa shape index (κ3) is 5.71. The molecule has 4 saturated carbocycles. The van der Waals surface area contributed by atoms with Crippen LogP contribution < -0.4 is 10.6 Å². The van der Waals surface area contributed by atoms with Crippen LogP contribution in [0, 0.1) is 23.2 Å². The van der Waals surface area contributed by atoms with Crippen LogP contribution in [-0.2, 0) is 20.8 Å². The fraction of sp³-hybridized carbons (Fsp3) is 0.679. The predicted molar refractivity (Wildman–Crippen MR) is 136 cm³/mol. The van der Waals surface area contributed by atoms with Crippen molar-refractivity contribution in [2.24, 2.45) is 23.2 Å². The smallest absolute Gasteiger partial charge is 0.242 e. The van der Waals surface area contributed by atoms with Crippen LogP contribution in [0.1, 0.15) is 57.4 Å². The maximum absolute atomic E-state index is 12.7. The largest absolute Gasteiger partial charge is 0.347 e. The second-order valence-electron chi connectivity index (χ2n) is 11.6. The molecule has 35 heavy (non-hydrogen) atoms. The first-order valence-electron chi connectivity index (χ1n) is 13.6. The topological polar surface area (TPSA) is 81.8 Å². The summed E-state index contributed by atoms with van der Waals surface area (Å²) >= 11 is 0. The number of carbonyl (C=O) groups excluding carboxylic acids is 3. The summed E-state index contributed by atoms with van der Waals surface area (Å²) < 4.78 is 0. The van der Waals surface area contributed by atoms with Gasteiger partial charge < -0.3 is 15.5 Å². The zero-order valence-corrected chi connectivity index (χ0v) is 21.1. The van der Waals surface area contributed by atoms with Crippen molar-refractivity contribution in [3.05, 3.63) is 29.8 Å². The number of nitrogens with one attached hydrogen (secondary N) is 2. The Balaban J connectivity index is 1.02. The zero-order valence-electron chi connectivity index (χ0n) is 21.1. The molecule has 7 heteroatoms. The maximum Gasteiger partial charge on any atom is 0.242 e. The predicted octanol–water partition coefficient (Wildman–Crippen LogP) is 3.05. The summed E-state index contributed by atoms with van der Waals surface area (Å²) in [5.74, 6) is 2.48. The molecule has 1 heterocycles. The van der Waals surface area contributed by atoms with Crippen LogP contribution in [0.2, 0.25) is 0 Å². The molecule has 7 nitrogen and oxygen atoms in total. The number of nitrogens with zero attached hydrogens (tertiary/aromatic N) is 2. The van der Waals surface area contributed by atoms with Crippen molar-refractivity contribution in [1.29, 1.82) is 0 Å². The van der Waals surface area contributed by atoms with Crippen molar-refractivity contribution >= 4 is 23.4 Å². The Hall–Kier alpha value is -2.41. The minimum atomic E-state index is -0.0254. The lowest BCUT2D eigenvalue weighted by Crippen LogP contribution is -2.53. The van der Waals surface area contributed by atoms with Crippen molar-refractivity contribution in [2.45, 2.75) is 58.3 Å².